The SMILES string of the molecule is O=C1CC[C@H](CF)C1. The molecule has 1 nitrogen and oxygen atoms in total. The summed E-state index contributed by atoms with van der Waals surface area (Å²) in [7, 11) is 0. The van der Waals surface area contributed by atoms with E-state index >= 15 is 0 Å². The number of hydrogen-bond acceptors (Lipinski definition) is 1. The molecule has 0 radical (unpaired) electrons. The maximum absolute atomic E-state index is 11.7. The molecule has 0 aromatic carbocycles. The van der Waals surface area contributed by atoms with Crippen molar-refractivity contribution in [1.29, 1.82) is 0 Å². The highest BCUT2D eigenvalue weighted by atomic mass is 19.1. The van der Waals surface area contributed by atoms with Crippen molar-refractivity contribution in [3.63, 3.8) is 0 Å². The standard InChI is InChI=1S/C6H9FO/c7-4-5-1-2-6(8)3-5/h5H,1-4H2/t5-/m0/s1. The molecule has 0 aliphatic heterocycles. The van der Waals surface area contributed by atoms with E-state index in [-0.39, 0.29) is 18.4 Å². The second kappa shape index (κ2) is 2.25. The molecular formula is C6H9FO. The maximum atomic E-state index is 11.7. The summed E-state index contributed by atoms with van der Waals surface area (Å²) in [5.41, 5.74) is 0. The Balaban J connectivity index is 2.32. The number of hydrogen-bond donors (Lipinski definition) is 0. The zero-order chi connectivity index (χ0) is 5.98. The van der Waals surface area contributed by atoms with Crippen LogP contribution < -0.4 is 0 Å². The number of rotatable bonds is 1. The largest absolute Gasteiger partial charge is 0.300 e. The molecule has 46 valence electrons. The number of carbonyl (C=O) groups excluding carboxylic acids is 1. The molecule has 1 saturated carbocycles. The topological polar surface area (TPSA) is 17.1 Å². The fourth-order valence-corrected chi connectivity index (χ4v) is 1.02. The monoisotopic (exact) mass is 116 g/mol. The maximum Gasteiger partial charge on any atom is 0.133 e. The lowest BCUT2D eigenvalue weighted by Gasteiger charge is -1.95. The second-order valence-corrected chi connectivity index (χ2v) is 2.30. The van der Waals surface area contributed by atoms with E-state index in [0.29, 0.717) is 12.8 Å². The molecule has 1 atom stereocenters. The predicted octanol–water partition coefficient (Wildman–Crippen LogP) is 1.33. The van der Waals surface area contributed by atoms with Crippen LogP contribution in [0.15, 0.2) is 0 Å². The van der Waals surface area contributed by atoms with E-state index < -0.39 is 0 Å². The minimum absolute atomic E-state index is 0.0579. The van der Waals surface area contributed by atoms with E-state index in [9.17, 15) is 9.18 Å². The van der Waals surface area contributed by atoms with Crippen LogP contribution in [-0.2, 0) is 4.79 Å². The first-order chi connectivity index (χ1) is 3.83. The van der Waals surface area contributed by atoms with Gasteiger partial charge in [0.25, 0.3) is 0 Å². The first kappa shape index (κ1) is 5.73. The van der Waals surface area contributed by atoms with Crippen LogP contribution in [0.5, 0.6) is 0 Å². The lowest BCUT2D eigenvalue weighted by molar-refractivity contribution is -0.117. The van der Waals surface area contributed by atoms with Gasteiger partial charge >= 0.3 is 0 Å². The molecule has 0 spiro atoms. The van der Waals surface area contributed by atoms with Crippen LogP contribution >= 0.6 is 0 Å². The molecule has 1 fully saturated rings. The van der Waals surface area contributed by atoms with Gasteiger partial charge in [0.2, 0.25) is 0 Å². The van der Waals surface area contributed by atoms with Gasteiger partial charge in [0, 0.05) is 12.8 Å². The smallest absolute Gasteiger partial charge is 0.133 e. The van der Waals surface area contributed by atoms with Gasteiger partial charge in [0.1, 0.15) is 5.78 Å². The molecule has 0 aromatic rings. The van der Waals surface area contributed by atoms with Gasteiger partial charge < -0.3 is 0 Å². The number of Topliss-reactive ketones (excluding diaryl/α,β-unsaturated/α-hetero) is 1. The molecule has 2 heteroatoms. The van der Waals surface area contributed by atoms with Crippen molar-refractivity contribution in [1.82, 2.24) is 0 Å². The summed E-state index contributed by atoms with van der Waals surface area (Å²) in [6.45, 7) is -0.314. The van der Waals surface area contributed by atoms with E-state index in [4.69, 9.17) is 0 Å². The van der Waals surface area contributed by atoms with Crippen LogP contribution in [0.3, 0.4) is 0 Å². The van der Waals surface area contributed by atoms with Gasteiger partial charge in [-0.1, -0.05) is 0 Å². The first-order valence-electron chi connectivity index (χ1n) is 2.90. The Bertz CT molecular complexity index is 101. The zero-order valence-corrected chi connectivity index (χ0v) is 4.69. The van der Waals surface area contributed by atoms with Crippen LogP contribution in [-0.4, -0.2) is 12.5 Å². The van der Waals surface area contributed by atoms with Gasteiger partial charge in [-0.25, -0.2) is 0 Å². The van der Waals surface area contributed by atoms with Crippen molar-refractivity contribution in [2.45, 2.75) is 19.3 Å². The molecule has 1 rings (SSSR count). The third kappa shape index (κ3) is 1.05. The fraction of sp³-hybridized carbons (Fsp3) is 0.833. The third-order valence-corrected chi connectivity index (χ3v) is 1.57. The van der Waals surface area contributed by atoms with Gasteiger partial charge in [-0.3, -0.25) is 9.18 Å². The Kier molecular flexibility index (Phi) is 1.61. The number of alkyl halides is 1. The Morgan fingerprint density at radius 2 is 2.50 bits per heavy atom. The highest BCUT2D eigenvalue weighted by Crippen LogP contribution is 2.21. The molecule has 1 aliphatic carbocycles. The minimum atomic E-state index is -0.314. The van der Waals surface area contributed by atoms with Crippen molar-refractivity contribution in [3.05, 3.63) is 0 Å². The van der Waals surface area contributed by atoms with Crippen LogP contribution in [0.25, 0.3) is 0 Å². The minimum Gasteiger partial charge on any atom is -0.300 e. The van der Waals surface area contributed by atoms with Crippen LogP contribution in [0.4, 0.5) is 4.39 Å². The molecule has 0 heterocycles. The molecule has 0 unspecified atom stereocenters. The molecule has 0 amide bonds. The van der Waals surface area contributed by atoms with Crippen molar-refractivity contribution in [2.75, 3.05) is 6.67 Å². The quantitative estimate of drug-likeness (QED) is 0.505. The van der Waals surface area contributed by atoms with Gasteiger partial charge in [0.15, 0.2) is 0 Å². The lowest BCUT2D eigenvalue weighted by Crippen LogP contribution is -1.95. The highest BCUT2D eigenvalue weighted by Gasteiger charge is 2.21. The first-order valence-corrected chi connectivity index (χ1v) is 2.90. The summed E-state index contributed by atoms with van der Waals surface area (Å²) in [6.07, 6.45) is 1.86. The molecule has 0 saturated heterocycles. The number of carbonyl (C=O) groups is 1. The number of ketones is 1. The highest BCUT2D eigenvalue weighted by molar-refractivity contribution is 5.80. The zero-order valence-electron chi connectivity index (χ0n) is 4.69. The summed E-state index contributed by atoms with van der Waals surface area (Å²) in [6, 6.07) is 0. The van der Waals surface area contributed by atoms with Crippen molar-refractivity contribution >= 4 is 5.78 Å². The van der Waals surface area contributed by atoms with Gasteiger partial charge in [-0.15, -0.1) is 0 Å². The van der Waals surface area contributed by atoms with E-state index in [2.05, 4.69) is 0 Å². The molecule has 0 N–H and O–H groups in total. The summed E-state index contributed by atoms with van der Waals surface area (Å²) >= 11 is 0. The second-order valence-electron chi connectivity index (χ2n) is 2.30. The van der Waals surface area contributed by atoms with E-state index in [0.717, 1.165) is 6.42 Å². The van der Waals surface area contributed by atoms with Crippen LogP contribution in [0.1, 0.15) is 19.3 Å². The average molecular weight is 116 g/mol. The number of halogens is 1. The molecule has 0 aromatic heterocycles. The van der Waals surface area contributed by atoms with Crippen molar-refractivity contribution in [2.24, 2.45) is 5.92 Å². The summed E-state index contributed by atoms with van der Waals surface area (Å²) in [5, 5.41) is 0. The predicted molar refractivity (Wildman–Crippen MR) is 28.3 cm³/mol. The van der Waals surface area contributed by atoms with E-state index in [1.807, 2.05) is 0 Å². The normalized spacial score (nSPS) is 29.1. The van der Waals surface area contributed by atoms with Gasteiger partial charge in [0.05, 0.1) is 6.67 Å². The van der Waals surface area contributed by atoms with Crippen LogP contribution in [0, 0.1) is 5.92 Å². The molecule has 1 aliphatic rings. The Morgan fingerprint density at radius 3 is 2.75 bits per heavy atom. The van der Waals surface area contributed by atoms with Gasteiger partial charge in [-0.2, -0.15) is 0 Å². The van der Waals surface area contributed by atoms with E-state index in [1.54, 1.807) is 0 Å². The lowest BCUT2D eigenvalue weighted by atomic mass is 10.1. The third-order valence-electron chi connectivity index (χ3n) is 1.57. The Hall–Kier alpha value is -0.400. The molecular weight excluding hydrogens is 107 g/mol. The van der Waals surface area contributed by atoms with Crippen LogP contribution in [0.2, 0.25) is 0 Å². The van der Waals surface area contributed by atoms with E-state index in [1.165, 1.54) is 0 Å². The summed E-state index contributed by atoms with van der Waals surface area (Å²) in [4.78, 5) is 10.4. The molecule has 0 bridgehead atoms. The van der Waals surface area contributed by atoms with Gasteiger partial charge in [-0.05, 0) is 12.3 Å². The average Bonchev–Trinajstić information content (AvgIpc) is 2.14. The molecule has 8 heavy (non-hydrogen) atoms. The van der Waals surface area contributed by atoms with Crippen molar-refractivity contribution in [3.8, 4) is 0 Å². The summed E-state index contributed by atoms with van der Waals surface area (Å²) in [5.74, 6) is 0.287. The van der Waals surface area contributed by atoms with Crippen molar-refractivity contribution < 1.29 is 9.18 Å². The Morgan fingerprint density at radius 1 is 1.75 bits per heavy atom. The fourth-order valence-electron chi connectivity index (χ4n) is 1.02. The Labute approximate surface area is 47.9 Å². The summed E-state index contributed by atoms with van der Waals surface area (Å²) < 4.78 is 11.7.